The van der Waals surface area contributed by atoms with Crippen LogP contribution in [0.5, 0.6) is 5.75 Å². The van der Waals surface area contributed by atoms with Gasteiger partial charge < -0.3 is 14.8 Å². The van der Waals surface area contributed by atoms with Crippen LogP contribution in [-0.2, 0) is 11.2 Å². The minimum Gasteiger partial charge on any atom is -0.606 e. The van der Waals surface area contributed by atoms with E-state index in [1.807, 2.05) is 0 Å². The molecule has 3 aromatic rings. The maximum absolute atomic E-state index is 13.0. The standard InChI is InChI=1S/C17H11FO4S/c18-10-5-7-11(8-6-10)23(22)15-9-14(17(20)21)16(19)13-4-2-1-3-12(13)15/h1-9,19H,(H,20,21). The highest BCUT2D eigenvalue weighted by Gasteiger charge is 2.24. The molecule has 0 radical (unpaired) electrons. The highest BCUT2D eigenvalue weighted by atomic mass is 32.2. The van der Waals surface area contributed by atoms with Gasteiger partial charge >= 0.3 is 5.97 Å². The van der Waals surface area contributed by atoms with Crippen molar-refractivity contribution in [1.82, 2.24) is 0 Å². The highest BCUT2D eigenvalue weighted by Crippen LogP contribution is 2.36. The smallest absolute Gasteiger partial charge is 0.339 e. The summed E-state index contributed by atoms with van der Waals surface area (Å²) in [7, 11) is 0. The largest absolute Gasteiger partial charge is 0.606 e. The number of carboxylic acid groups (broad SMARTS) is 1. The predicted octanol–water partition coefficient (Wildman–Crippen LogP) is 3.55. The van der Waals surface area contributed by atoms with Gasteiger partial charge in [-0.15, -0.1) is 0 Å². The molecule has 0 aliphatic carbocycles. The molecule has 0 spiro atoms. The quantitative estimate of drug-likeness (QED) is 0.720. The lowest BCUT2D eigenvalue weighted by Crippen LogP contribution is -2.06. The van der Waals surface area contributed by atoms with Gasteiger partial charge in [0.1, 0.15) is 17.1 Å². The van der Waals surface area contributed by atoms with Crippen molar-refractivity contribution in [2.45, 2.75) is 9.79 Å². The van der Waals surface area contributed by atoms with Gasteiger partial charge in [-0.3, -0.25) is 0 Å². The Kier molecular flexibility index (Phi) is 3.94. The molecule has 0 bridgehead atoms. The number of aromatic carboxylic acids is 1. The van der Waals surface area contributed by atoms with Crippen molar-refractivity contribution in [2.24, 2.45) is 0 Å². The van der Waals surface area contributed by atoms with Crippen LogP contribution in [-0.4, -0.2) is 20.7 Å². The molecule has 1 atom stereocenters. The Hall–Kier alpha value is -2.57. The van der Waals surface area contributed by atoms with Crippen LogP contribution in [0.4, 0.5) is 4.39 Å². The lowest BCUT2D eigenvalue weighted by Gasteiger charge is -2.14. The Balaban J connectivity index is 2.25. The Morgan fingerprint density at radius 1 is 1.04 bits per heavy atom. The molecule has 0 aliphatic heterocycles. The molecule has 0 aromatic heterocycles. The van der Waals surface area contributed by atoms with E-state index in [4.69, 9.17) is 0 Å². The second-order valence-electron chi connectivity index (χ2n) is 4.84. The minimum atomic E-state index is -1.71. The van der Waals surface area contributed by atoms with Crippen molar-refractivity contribution in [1.29, 1.82) is 0 Å². The molecular formula is C17H11FO4S. The minimum absolute atomic E-state index is 0.252. The van der Waals surface area contributed by atoms with Crippen LogP contribution in [0.25, 0.3) is 10.8 Å². The average molecular weight is 330 g/mol. The first-order valence-corrected chi connectivity index (χ1v) is 7.79. The second kappa shape index (κ2) is 5.91. The Morgan fingerprint density at radius 2 is 1.65 bits per heavy atom. The third kappa shape index (κ3) is 2.74. The first-order valence-electron chi connectivity index (χ1n) is 6.64. The number of phenols is 1. The number of fused-ring (bicyclic) bond motifs is 1. The molecule has 116 valence electrons. The number of rotatable bonds is 3. The van der Waals surface area contributed by atoms with Crippen LogP contribution in [0.1, 0.15) is 10.4 Å². The van der Waals surface area contributed by atoms with Crippen molar-refractivity contribution in [2.75, 3.05) is 0 Å². The van der Waals surface area contributed by atoms with Crippen molar-refractivity contribution < 1.29 is 24.0 Å². The van der Waals surface area contributed by atoms with Crippen LogP contribution >= 0.6 is 0 Å². The second-order valence-corrected chi connectivity index (χ2v) is 6.29. The van der Waals surface area contributed by atoms with Crippen LogP contribution in [0.2, 0.25) is 0 Å². The zero-order valence-corrected chi connectivity index (χ0v) is 12.5. The summed E-state index contributed by atoms with van der Waals surface area (Å²) in [6.45, 7) is 0. The van der Waals surface area contributed by atoms with E-state index in [9.17, 15) is 24.0 Å². The molecule has 23 heavy (non-hydrogen) atoms. The van der Waals surface area contributed by atoms with Crippen molar-refractivity contribution in [3.05, 3.63) is 66.0 Å². The Bertz CT molecular complexity index is 893. The first kappa shape index (κ1) is 15.3. The van der Waals surface area contributed by atoms with E-state index in [-0.39, 0.29) is 16.2 Å². The average Bonchev–Trinajstić information content (AvgIpc) is 2.55. The lowest BCUT2D eigenvalue weighted by atomic mass is 10.1. The van der Waals surface area contributed by atoms with E-state index < -0.39 is 23.0 Å². The summed E-state index contributed by atoms with van der Waals surface area (Å²) in [6, 6.07) is 12.9. The van der Waals surface area contributed by atoms with E-state index in [1.54, 1.807) is 24.3 Å². The van der Waals surface area contributed by atoms with Gasteiger partial charge in [-0.1, -0.05) is 18.2 Å². The SMILES string of the molecule is O=C(O)c1cc([S+]([O-])c2ccc(F)cc2)c2ccccc2c1O. The zero-order valence-electron chi connectivity index (χ0n) is 11.7. The van der Waals surface area contributed by atoms with E-state index in [2.05, 4.69) is 0 Å². The maximum Gasteiger partial charge on any atom is 0.339 e. The molecule has 6 heteroatoms. The van der Waals surface area contributed by atoms with Gasteiger partial charge in [0.25, 0.3) is 0 Å². The van der Waals surface area contributed by atoms with Crippen LogP contribution in [0, 0.1) is 5.82 Å². The van der Waals surface area contributed by atoms with Gasteiger partial charge in [-0.05, 0) is 30.3 Å². The van der Waals surface area contributed by atoms with Crippen LogP contribution in [0.3, 0.4) is 0 Å². The van der Waals surface area contributed by atoms with Crippen molar-refractivity contribution >= 4 is 27.9 Å². The molecule has 0 saturated heterocycles. The summed E-state index contributed by atoms with van der Waals surface area (Å²) >= 11 is -1.71. The lowest BCUT2D eigenvalue weighted by molar-refractivity contribution is 0.0694. The molecule has 2 N–H and O–H groups in total. The van der Waals surface area contributed by atoms with Gasteiger partial charge in [0.2, 0.25) is 0 Å². The van der Waals surface area contributed by atoms with E-state index in [0.717, 1.165) is 0 Å². The summed E-state index contributed by atoms with van der Waals surface area (Å²) in [5, 5.41) is 20.1. The fourth-order valence-corrected chi connectivity index (χ4v) is 3.57. The van der Waals surface area contributed by atoms with Gasteiger partial charge in [0, 0.05) is 28.0 Å². The molecule has 0 fully saturated rings. The topological polar surface area (TPSA) is 80.6 Å². The molecule has 4 nitrogen and oxygen atoms in total. The van der Waals surface area contributed by atoms with E-state index in [1.165, 1.54) is 30.3 Å². The molecular weight excluding hydrogens is 319 g/mol. The monoisotopic (exact) mass is 330 g/mol. The van der Waals surface area contributed by atoms with Gasteiger partial charge in [0.05, 0.1) is 0 Å². The van der Waals surface area contributed by atoms with Crippen molar-refractivity contribution in [3.63, 3.8) is 0 Å². The zero-order chi connectivity index (χ0) is 16.6. The molecule has 1 unspecified atom stereocenters. The summed E-state index contributed by atoms with van der Waals surface area (Å²) in [5.41, 5.74) is -0.325. The third-order valence-electron chi connectivity index (χ3n) is 3.44. The van der Waals surface area contributed by atoms with Crippen LogP contribution < -0.4 is 0 Å². The number of halogens is 1. The summed E-state index contributed by atoms with van der Waals surface area (Å²) in [5.74, 6) is -2.13. The molecule has 0 heterocycles. The fraction of sp³-hybridized carbons (Fsp3) is 0. The normalized spacial score (nSPS) is 12.3. The van der Waals surface area contributed by atoms with Crippen LogP contribution in [0.15, 0.2) is 64.4 Å². The molecule has 0 aliphatic rings. The maximum atomic E-state index is 13.0. The van der Waals surface area contributed by atoms with Crippen molar-refractivity contribution in [3.8, 4) is 5.75 Å². The van der Waals surface area contributed by atoms with E-state index >= 15 is 0 Å². The third-order valence-corrected chi connectivity index (χ3v) is 4.87. The number of hydrogen-bond donors (Lipinski definition) is 2. The van der Waals surface area contributed by atoms with E-state index in [0.29, 0.717) is 15.7 Å². The Morgan fingerprint density at radius 3 is 2.26 bits per heavy atom. The molecule has 3 aromatic carbocycles. The van der Waals surface area contributed by atoms with Gasteiger partial charge in [-0.2, -0.15) is 0 Å². The summed E-state index contributed by atoms with van der Waals surface area (Å²) in [4.78, 5) is 11.9. The molecule has 0 saturated carbocycles. The number of carboxylic acids is 1. The first-order chi connectivity index (χ1) is 11.0. The predicted molar refractivity (Wildman–Crippen MR) is 83.6 cm³/mol. The summed E-state index contributed by atoms with van der Waals surface area (Å²) in [6.07, 6.45) is 0. The highest BCUT2D eigenvalue weighted by molar-refractivity contribution is 7.91. The summed E-state index contributed by atoms with van der Waals surface area (Å²) < 4.78 is 25.8. The molecule has 3 rings (SSSR count). The van der Waals surface area contributed by atoms with Gasteiger partial charge in [-0.25, -0.2) is 9.18 Å². The van der Waals surface area contributed by atoms with Gasteiger partial charge in [0.15, 0.2) is 9.79 Å². The molecule has 0 amide bonds. The Labute approximate surface area is 134 Å². The number of hydrogen-bond acceptors (Lipinski definition) is 3. The number of carbonyl (C=O) groups is 1. The number of benzene rings is 3. The fourth-order valence-electron chi connectivity index (χ4n) is 2.33. The number of aromatic hydroxyl groups is 1.